The summed E-state index contributed by atoms with van der Waals surface area (Å²) >= 11 is 0. The quantitative estimate of drug-likeness (QED) is 0.668. The molecular weight excluding hydrogens is 372 g/mol. The zero-order chi connectivity index (χ0) is 20.1. The fourth-order valence-corrected chi connectivity index (χ4v) is 2.80. The Kier molecular flexibility index (Phi) is 5.33. The monoisotopic (exact) mass is 390 g/mol. The third kappa shape index (κ3) is 4.49. The zero-order valence-corrected chi connectivity index (χ0v) is 15.4. The van der Waals surface area contributed by atoms with E-state index in [2.05, 4.69) is 20.6 Å². The van der Waals surface area contributed by atoms with Gasteiger partial charge in [-0.1, -0.05) is 6.07 Å². The van der Waals surface area contributed by atoms with Gasteiger partial charge in [-0.25, -0.2) is 0 Å². The summed E-state index contributed by atoms with van der Waals surface area (Å²) in [6.45, 7) is 0.874. The molecule has 0 unspecified atom stereocenters. The molecule has 146 valence electrons. The Morgan fingerprint density at radius 2 is 1.59 bits per heavy atom. The first-order chi connectivity index (χ1) is 14.2. The number of nitrogens with one attached hydrogen (secondary N) is 2. The highest BCUT2D eigenvalue weighted by atomic mass is 16.7. The summed E-state index contributed by atoms with van der Waals surface area (Å²) < 4.78 is 10.6. The van der Waals surface area contributed by atoms with Gasteiger partial charge in [-0.3, -0.25) is 19.6 Å². The van der Waals surface area contributed by atoms with Crippen LogP contribution >= 0.6 is 0 Å². The number of carbonyl (C=O) groups is 2. The van der Waals surface area contributed by atoms with Crippen LogP contribution in [0.2, 0.25) is 0 Å². The molecule has 1 aromatic carbocycles. The van der Waals surface area contributed by atoms with E-state index in [1.54, 1.807) is 18.5 Å². The lowest BCUT2D eigenvalue weighted by atomic mass is 10.1. The van der Waals surface area contributed by atoms with Crippen molar-refractivity contribution in [3.63, 3.8) is 0 Å². The second-order valence-electron chi connectivity index (χ2n) is 6.34. The highest BCUT2D eigenvalue weighted by Gasteiger charge is 2.15. The van der Waals surface area contributed by atoms with E-state index in [0.29, 0.717) is 30.2 Å². The molecule has 0 saturated carbocycles. The topological polar surface area (TPSA) is 102 Å². The number of amides is 2. The van der Waals surface area contributed by atoms with Gasteiger partial charge in [-0.2, -0.15) is 0 Å². The maximum atomic E-state index is 12.5. The standard InChI is InChI=1S/C21H18N4O4/c26-20(24-12-15-1-2-18-19(9-15)29-13-28-18)16-5-8-23-17(10-16)21(27)25-11-14-3-6-22-7-4-14/h1-10H,11-13H2,(H,24,26)(H,25,27). The van der Waals surface area contributed by atoms with Crippen molar-refractivity contribution >= 4 is 11.8 Å². The molecule has 8 nitrogen and oxygen atoms in total. The van der Waals surface area contributed by atoms with Crippen molar-refractivity contribution in [2.24, 2.45) is 0 Å². The van der Waals surface area contributed by atoms with Crippen LogP contribution in [-0.2, 0) is 13.1 Å². The van der Waals surface area contributed by atoms with Crippen molar-refractivity contribution in [1.82, 2.24) is 20.6 Å². The summed E-state index contributed by atoms with van der Waals surface area (Å²) in [5.41, 5.74) is 2.34. The van der Waals surface area contributed by atoms with E-state index in [4.69, 9.17) is 9.47 Å². The number of benzene rings is 1. The molecule has 0 fully saturated rings. The molecule has 0 atom stereocenters. The number of fused-ring (bicyclic) bond motifs is 1. The van der Waals surface area contributed by atoms with Crippen LogP contribution in [0.4, 0.5) is 0 Å². The molecule has 1 aliphatic heterocycles. The smallest absolute Gasteiger partial charge is 0.270 e. The number of ether oxygens (including phenoxy) is 2. The second-order valence-corrected chi connectivity index (χ2v) is 6.34. The molecule has 2 amide bonds. The Bertz CT molecular complexity index is 1040. The lowest BCUT2D eigenvalue weighted by Gasteiger charge is -2.08. The van der Waals surface area contributed by atoms with Crippen LogP contribution in [0.3, 0.4) is 0 Å². The van der Waals surface area contributed by atoms with Gasteiger partial charge in [0.2, 0.25) is 6.79 Å². The third-order valence-electron chi connectivity index (χ3n) is 4.35. The number of carbonyl (C=O) groups excluding carboxylic acids is 2. The van der Waals surface area contributed by atoms with Crippen molar-refractivity contribution in [2.45, 2.75) is 13.1 Å². The number of aromatic nitrogens is 2. The van der Waals surface area contributed by atoms with Crippen LogP contribution < -0.4 is 20.1 Å². The zero-order valence-electron chi connectivity index (χ0n) is 15.4. The van der Waals surface area contributed by atoms with E-state index in [9.17, 15) is 9.59 Å². The summed E-state index contributed by atoms with van der Waals surface area (Å²) in [4.78, 5) is 32.8. The summed E-state index contributed by atoms with van der Waals surface area (Å²) in [5, 5.41) is 5.61. The molecule has 0 bridgehead atoms. The first kappa shape index (κ1) is 18.4. The summed E-state index contributed by atoms with van der Waals surface area (Å²) in [6.07, 6.45) is 4.76. The van der Waals surface area contributed by atoms with Gasteiger partial charge >= 0.3 is 0 Å². The number of nitrogens with zero attached hydrogens (tertiary/aromatic N) is 2. The van der Waals surface area contributed by atoms with Crippen LogP contribution in [0.1, 0.15) is 32.0 Å². The first-order valence-corrected chi connectivity index (χ1v) is 8.99. The lowest BCUT2D eigenvalue weighted by Crippen LogP contribution is -2.26. The SMILES string of the molecule is O=C(NCc1ccc2c(c1)OCO2)c1ccnc(C(=O)NCc2ccncc2)c1. The molecule has 8 heteroatoms. The molecule has 29 heavy (non-hydrogen) atoms. The highest BCUT2D eigenvalue weighted by Crippen LogP contribution is 2.32. The van der Waals surface area contributed by atoms with Gasteiger partial charge < -0.3 is 20.1 Å². The molecule has 4 rings (SSSR count). The largest absolute Gasteiger partial charge is 0.454 e. The van der Waals surface area contributed by atoms with Gasteiger partial charge in [0.15, 0.2) is 11.5 Å². The average Bonchev–Trinajstić information content (AvgIpc) is 3.24. The van der Waals surface area contributed by atoms with Crippen molar-refractivity contribution < 1.29 is 19.1 Å². The Hall–Kier alpha value is -3.94. The van der Waals surface area contributed by atoms with E-state index in [0.717, 1.165) is 11.1 Å². The van der Waals surface area contributed by atoms with Gasteiger partial charge in [0, 0.05) is 37.2 Å². The van der Waals surface area contributed by atoms with Gasteiger partial charge in [-0.15, -0.1) is 0 Å². The maximum absolute atomic E-state index is 12.5. The van der Waals surface area contributed by atoms with Crippen LogP contribution in [0.15, 0.2) is 61.1 Å². The average molecular weight is 390 g/mol. The highest BCUT2D eigenvalue weighted by molar-refractivity contribution is 5.98. The predicted molar refractivity (Wildman–Crippen MR) is 103 cm³/mol. The Morgan fingerprint density at radius 3 is 2.45 bits per heavy atom. The number of hydrogen-bond acceptors (Lipinski definition) is 6. The number of hydrogen-bond donors (Lipinski definition) is 2. The molecule has 2 aromatic heterocycles. The molecule has 2 N–H and O–H groups in total. The summed E-state index contributed by atoms with van der Waals surface area (Å²) in [6, 6.07) is 12.2. The van der Waals surface area contributed by atoms with E-state index in [1.165, 1.54) is 12.3 Å². The number of rotatable bonds is 6. The predicted octanol–water partition coefficient (Wildman–Crippen LogP) is 2.07. The summed E-state index contributed by atoms with van der Waals surface area (Å²) in [5.74, 6) is 0.700. The molecule has 0 spiro atoms. The van der Waals surface area contributed by atoms with Gasteiger partial charge in [0.25, 0.3) is 11.8 Å². The minimum absolute atomic E-state index is 0.176. The van der Waals surface area contributed by atoms with E-state index in [-0.39, 0.29) is 24.3 Å². The minimum atomic E-state index is -0.354. The van der Waals surface area contributed by atoms with Gasteiger partial charge in [-0.05, 0) is 47.5 Å². The molecule has 0 saturated heterocycles. The van der Waals surface area contributed by atoms with E-state index in [1.807, 2.05) is 30.3 Å². The fourth-order valence-electron chi connectivity index (χ4n) is 2.80. The van der Waals surface area contributed by atoms with Gasteiger partial charge in [0.1, 0.15) is 5.69 Å². The van der Waals surface area contributed by atoms with E-state index < -0.39 is 0 Å². The Morgan fingerprint density at radius 1 is 0.828 bits per heavy atom. The van der Waals surface area contributed by atoms with Crippen molar-refractivity contribution in [1.29, 1.82) is 0 Å². The third-order valence-corrected chi connectivity index (χ3v) is 4.35. The molecule has 3 heterocycles. The van der Waals surface area contributed by atoms with Crippen molar-refractivity contribution in [3.8, 4) is 11.5 Å². The Labute approximate surface area is 166 Å². The van der Waals surface area contributed by atoms with Crippen LogP contribution in [-0.4, -0.2) is 28.6 Å². The normalized spacial score (nSPS) is 11.7. The summed E-state index contributed by atoms with van der Waals surface area (Å²) in [7, 11) is 0. The fraction of sp³-hybridized carbons (Fsp3) is 0.143. The number of pyridine rings is 2. The van der Waals surface area contributed by atoms with Gasteiger partial charge in [0.05, 0.1) is 0 Å². The van der Waals surface area contributed by atoms with Crippen molar-refractivity contribution in [3.05, 3.63) is 83.4 Å². The Balaban J connectivity index is 1.36. The lowest BCUT2D eigenvalue weighted by molar-refractivity contribution is 0.0946. The van der Waals surface area contributed by atoms with E-state index >= 15 is 0 Å². The second kappa shape index (κ2) is 8.39. The molecule has 3 aromatic rings. The maximum Gasteiger partial charge on any atom is 0.270 e. The first-order valence-electron chi connectivity index (χ1n) is 8.99. The molecule has 0 radical (unpaired) electrons. The van der Waals surface area contributed by atoms with Crippen LogP contribution in [0.25, 0.3) is 0 Å². The minimum Gasteiger partial charge on any atom is -0.454 e. The van der Waals surface area contributed by atoms with Crippen LogP contribution in [0.5, 0.6) is 11.5 Å². The molecular formula is C21H18N4O4. The van der Waals surface area contributed by atoms with Crippen molar-refractivity contribution in [2.75, 3.05) is 6.79 Å². The molecule has 0 aliphatic carbocycles. The molecule has 1 aliphatic rings. The van der Waals surface area contributed by atoms with Crippen LogP contribution in [0, 0.1) is 0 Å².